The van der Waals surface area contributed by atoms with Crippen molar-refractivity contribution < 1.29 is 13.2 Å². The summed E-state index contributed by atoms with van der Waals surface area (Å²) in [6.45, 7) is 7.51. The van der Waals surface area contributed by atoms with Crippen LogP contribution >= 0.6 is 0 Å². The first-order valence-corrected chi connectivity index (χ1v) is 9.20. The molecule has 0 aliphatic rings. The van der Waals surface area contributed by atoms with E-state index >= 15 is 0 Å². The van der Waals surface area contributed by atoms with Crippen LogP contribution in [0.1, 0.15) is 46.8 Å². The third-order valence-corrected chi connectivity index (χ3v) is 5.06. The van der Waals surface area contributed by atoms with Crippen molar-refractivity contribution >= 4 is 21.6 Å². The summed E-state index contributed by atoms with van der Waals surface area (Å²) in [5.74, 6) is -0.114. The summed E-state index contributed by atoms with van der Waals surface area (Å²) in [4.78, 5) is 12.6. The Labute approximate surface area is 142 Å². The van der Waals surface area contributed by atoms with Crippen molar-refractivity contribution in [3.05, 3.63) is 58.7 Å². The summed E-state index contributed by atoms with van der Waals surface area (Å²) < 4.78 is 23.5. The first kappa shape index (κ1) is 18.2. The summed E-state index contributed by atoms with van der Waals surface area (Å²) in [7, 11) is -3.89. The quantitative estimate of drug-likeness (QED) is 0.890. The van der Waals surface area contributed by atoms with Gasteiger partial charge >= 0.3 is 0 Å². The van der Waals surface area contributed by atoms with Crippen LogP contribution in [0.25, 0.3) is 0 Å². The minimum Gasteiger partial charge on any atom is -0.322 e. The summed E-state index contributed by atoms with van der Waals surface area (Å²) in [6.07, 6.45) is 0. The third kappa shape index (κ3) is 3.83. The molecule has 0 fully saturated rings. The highest BCUT2D eigenvalue weighted by molar-refractivity contribution is 7.89. The number of anilines is 1. The number of sulfonamides is 1. The van der Waals surface area contributed by atoms with Crippen LogP contribution in [-0.2, 0) is 10.0 Å². The summed E-state index contributed by atoms with van der Waals surface area (Å²) in [6, 6.07) is 10.5. The molecular weight excluding hydrogens is 324 g/mol. The van der Waals surface area contributed by atoms with Crippen molar-refractivity contribution in [2.75, 3.05) is 5.32 Å². The number of aryl methyl sites for hydroxylation is 1. The molecule has 0 saturated heterocycles. The van der Waals surface area contributed by atoms with E-state index in [0.29, 0.717) is 16.8 Å². The molecule has 6 heteroatoms. The van der Waals surface area contributed by atoms with Crippen LogP contribution in [0.15, 0.2) is 41.3 Å². The maximum atomic E-state index is 12.6. The van der Waals surface area contributed by atoms with E-state index in [2.05, 4.69) is 5.32 Å². The summed E-state index contributed by atoms with van der Waals surface area (Å²) in [5.41, 5.74) is 3.25. The monoisotopic (exact) mass is 346 g/mol. The van der Waals surface area contributed by atoms with Gasteiger partial charge in [0.1, 0.15) is 0 Å². The molecule has 2 aromatic carbocycles. The van der Waals surface area contributed by atoms with Gasteiger partial charge in [-0.1, -0.05) is 32.0 Å². The van der Waals surface area contributed by atoms with Crippen molar-refractivity contribution in [1.29, 1.82) is 0 Å². The molecule has 0 saturated carbocycles. The molecule has 0 heterocycles. The lowest BCUT2D eigenvalue weighted by Crippen LogP contribution is -2.18. The van der Waals surface area contributed by atoms with E-state index in [1.54, 1.807) is 19.9 Å². The fourth-order valence-electron chi connectivity index (χ4n) is 2.56. The van der Waals surface area contributed by atoms with Crippen LogP contribution < -0.4 is 10.5 Å². The van der Waals surface area contributed by atoms with Crippen LogP contribution in [0.4, 0.5) is 5.69 Å². The molecule has 0 atom stereocenters. The van der Waals surface area contributed by atoms with Gasteiger partial charge in [-0.3, -0.25) is 4.79 Å². The Morgan fingerprint density at radius 3 is 2.33 bits per heavy atom. The number of rotatable bonds is 4. The first-order valence-electron chi connectivity index (χ1n) is 7.65. The van der Waals surface area contributed by atoms with Gasteiger partial charge in [0.05, 0.1) is 4.90 Å². The second-order valence-electron chi connectivity index (χ2n) is 6.16. The van der Waals surface area contributed by atoms with Gasteiger partial charge in [0.15, 0.2) is 0 Å². The normalized spacial score (nSPS) is 11.6. The van der Waals surface area contributed by atoms with Crippen LogP contribution in [0.2, 0.25) is 0 Å². The van der Waals surface area contributed by atoms with Gasteiger partial charge in [-0.05, 0) is 54.7 Å². The molecule has 0 unspecified atom stereocenters. The van der Waals surface area contributed by atoms with Crippen LogP contribution in [0.3, 0.4) is 0 Å². The van der Waals surface area contributed by atoms with Crippen LogP contribution in [0, 0.1) is 13.8 Å². The number of primary sulfonamides is 1. The molecule has 2 aromatic rings. The molecule has 1 amide bonds. The van der Waals surface area contributed by atoms with Gasteiger partial charge in [-0.2, -0.15) is 0 Å². The molecule has 2 rings (SSSR count). The van der Waals surface area contributed by atoms with Crippen LogP contribution in [-0.4, -0.2) is 14.3 Å². The Morgan fingerprint density at radius 2 is 1.75 bits per heavy atom. The number of benzene rings is 2. The van der Waals surface area contributed by atoms with Gasteiger partial charge in [0, 0.05) is 11.3 Å². The maximum Gasteiger partial charge on any atom is 0.255 e. The summed E-state index contributed by atoms with van der Waals surface area (Å²) in [5, 5.41) is 8.11. The second kappa shape index (κ2) is 6.75. The van der Waals surface area contributed by atoms with Crippen molar-refractivity contribution in [3.63, 3.8) is 0 Å². The zero-order chi connectivity index (χ0) is 18.1. The zero-order valence-corrected chi connectivity index (χ0v) is 15.1. The van der Waals surface area contributed by atoms with Crippen molar-refractivity contribution in [3.8, 4) is 0 Å². The van der Waals surface area contributed by atoms with Gasteiger partial charge in [0.2, 0.25) is 10.0 Å². The Morgan fingerprint density at radius 1 is 1.12 bits per heavy atom. The number of carbonyl (C=O) groups excluding carboxylic acids is 1. The van der Waals surface area contributed by atoms with Crippen LogP contribution in [0.5, 0.6) is 0 Å². The molecule has 128 valence electrons. The minimum absolute atomic E-state index is 0.0233. The zero-order valence-electron chi connectivity index (χ0n) is 14.3. The molecule has 5 nitrogen and oxygen atoms in total. The molecule has 0 aliphatic carbocycles. The SMILES string of the molecule is Cc1cc(C(=O)Nc2ccccc2C(C)C)cc(S(N)(=O)=O)c1C. The number of hydrogen-bond donors (Lipinski definition) is 2. The van der Waals surface area contributed by atoms with Gasteiger partial charge < -0.3 is 5.32 Å². The average molecular weight is 346 g/mol. The molecule has 0 bridgehead atoms. The topological polar surface area (TPSA) is 89.3 Å². The molecule has 24 heavy (non-hydrogen) atoms. The van der Waals surface area contributed by atoms with Crippen molar-refractivity contribution in [2.24, 2.45) is 5.14 Å². The van der Waals surface area contributed by atoms with Gasteiger partial charge in [-0.25, -0.2) is 13.6 Å². The van der Waals surface area contributed by atoms with E-state index in [0.717, 1.165) is 5.56 Å². The maximum absolute atomic E-state index is 12.6. The Kier molecular flexibility index (Phi) is 5.11. The lowest BCUT2D eigenvalue weighted by atomic mass is 10.0. The number of carbonyl (C=O) groups is 1. The highest BCUT2D eigenvalue weighted by atomic mass is 32.2. The second-order valence-corrected chi connectivity index (χ2v) is 7.69. The van der Waals surface area contributed by atoms with E-state index < -0.39 is 10.0 Å². The van der Waals surface area contributed by atoms with E-state index in [1.165, 1.54) is 6.07 Å². The van der Waals surface area contributed by atoms with Crippen molar-refractivity contribution in [2.45, 2.75) is 38.5 Å². The van der Waals surface area contributed by atoms with Gasteiger partial charge in [0.25, 0.3) is 5.91 Å². The Balaban J connectivity index is 2.44. The Bertz CT molecular complexity index is 887. The minimum atomic E-state index is -3.89. The lowest BCUT2D eigenvalue weighted by Gasteiger charge is -2.15. The molecule has 0 spiro atoms. The highest BCUT2D eigenvalue weighted by Crippen LogP contribution is 2.25. The molecule has 0 aromatic heterocycles. The average Bonchev–Trinajstić information content (AvgIpc) is 2.48. The third-order valence-electron chi connectivity index (χ3n) is 4.02. The number of para-hydroxylation sites is 1. The molecule has 0 aliphatic heterocycles. The largest absolute Gasteiger partial charge is 0.322 e. The van der Waals surface area contributed by atoms with E-state index in [4.69, 9.17) is 5.14 Å². The fourth-order valence-corrected chi connectivity index (χ4v) is 3.44. The van der Waals surface area contributed by atoms with Crippen molar-refractivity contribution in [1.82, 2.24) is 0 Å². The highest BCUT2D eigenvalue weighted by Gasteiger charge is 2.18. The predicted octanol–water partition coefficient (Wildman–Crippen LogP) is 3.33. The van der Waals surface area contributed by atoms with E-state index in [-0.39, 0.29) is 22.3 Å². The number of nitrogens with two attached hydrogens (primary N) is 1. The molecule has 0 radical (unpaired) electrons. The predicted molar refractivity (Wildman–Crippen MR) is 95.8 cm³/mol. The number of nitrogens with one attached hydrogen (secondary N) is 1. The first-order chi connectivity index (χ1) is 11.1. The van der Waals surface area contributed by atoms with E-state index in [1.807, 2.05) is 38.1 Å². The van der Waals surface area contributed by atoms with Gasteiger partial charge in [-0.15, -0.1) is 0 Å². The molecular formula is C18H22N2O3S. The number of amides is 1. The fraction of sp³-hybridized carbons (Fsp3) is 0.278. The number of hydrogen-bond acceptors (Lipinski definition) is 3. The van der Waals surface area contributed by atoms with E-state index in [9.17, 15) is 13.2 Å². The standard InChI is InChI=1S/C18H22N2O3S/c1-11(2)15-7-5-6-8-16(15)20-18(21)14-9-12(3)13(4)17(10-14)24(19,22)23/h5-11H,1-4H3,(H,20,21)(H2,19,22,23). The summed E-state index contributed by atoms with van der Waals surface area (Å²) >= 11 is 0. The smallest absolute Gasteiger partial charge is 0.255 e. The lowest BCUT2D eigenvalue weighted by molar-refractivity contribution is 0.102. The Hall–Kier alpha value is -2.18. The molecule has 3 N–H and O–H groups in total.